The number of carbonyl (C=O) groups is 4. The summed E-state index contributed by atoms with van der Waals surface area (Å²) < 4.78 is 0. The smallest absolute Gasteiger partial charge is 0.303 e. The Hall–Kier alpha value is -2.00. The molecule has 2 unspecified atom stereocenters. The fourth-order valence-electron chi connectivity index (χ4n) is 2.15. The van der Waals surface area contributed by atoms with Crippen molar-refractivity contribution in [3.63, 3.8) is 0 Å². The molecule has 1 aliphatic heterocycles. The molecule has 0 aromatic rings. The summed E-state index contributed by atoms with van der Waals surface area (Å²) in [5.41, 5.74) is 11.4. The highest BCUT2D eigenvalue weighted by Gasteiger charge is 2.24. The van der Waals surface area contributed by atoms with Gasteiger partial charge in [0.05, 0.1) is 25.2 Å². The van der Waals surface area contributed by atoms with Crippen LogP contribution in [-0.4, -0.2) is 65.3 Å². The molecule has 2 amide bonds. The molecule has 0 saturated carbocycles. The Morgan fingerprint density at radius 1 is 1.23 bits per heavy atom. The molecular weight excluding hydrogens is 292 g/mol. The van der Waals surface area contributed by atoms with Gasteiger partial charge in [0, 0.05) is 13.0 Å². The van der Waals surface area contributed by atoms with E-state index in [1.165, 1.54) is 4.90 Å². The molecule has 0 aliphatic carbocycles. The summed E-state index contributed by atoms with van der Waals surface area (Å²) in [4.78, 5) is 46.5. The molecule has 1 saturated heterocycles. The lowest BCUT2D eigenvalue weighted by Gasteiger charge is -2.27. The third-order valence-electron chi connectivity index (χ3n) is 3.47. The number of nitrogens with one attached hydrogen (secondary N) is 1. The van der Waals surface area contributed by atoms with E-state index in [2.05, 4.69) is 5.32 Å². The molecule has 1 rings (SSSR count). The third-order valence-corrected chi connectivity index (χ3v) is 3.47. The largest absolute Gasteiger partial charge is 0.481 e. The molecule has 1 heterocycles. The second-order valence-corrected chi connectivity index (χ2v) is 5.28. The molecule has 9 nitrogen and oxygen atoms in total. The number of aliphatic carboxylic acids is 1. The molecule has 9 heteroatoms. The number of nitrogens with zero attached hydrogens (tertiary/aromatic N) is 1. The third kappa shape index (κ3) is 5.78. The van der Waals surface area contributed by atoms with Gasteiger partial charge in [-0.2, -0.15) is 0 Å². The highest BCUT2D eigenvalue weighted by Crippen LogP contribution is 2.05. The normalized spacial score (nSPS) is 17.8. The number of amides is 2. The molecule has 0 aromatic carbocycles. The van der Waals surface area contributed by atoms with Crippen molar-refractivity contribution in [2.75, 3.05) is 19.6 Å². The average Bonchev–Trinajstić information content (AvgIpc) is 2.47. The molecule has 6 N–H and O–H groups in total. The van der Waals surface area contributed by atoms with Gasteiger partial charge < -0.3 is 26.8 Å². The second kappa shape index (κ2) is 8.44. The standard InChI is InChI=1S/C13H22N4O5/c14-8(13(22)9(15)3-4-12(20)21)2-1-5-17-7-10(18)16-6-11(17)19/h8-9H,1-7,14-15H2,(H,16,18)(H,20,21). The van der Waals surface area contributed by atoms with Gasteiger partial charge >= 0.3 is 5.97 Å². The van der Waals surface area contributed by atoms with Crippen LogP contribution in [0.1, 0.15) is 25.7 Å². The number of ketones is 1. The summed E-state index contributed by atoms with van der Waals surface area (Å²) in [6.45, 7) is 0.349. The summed E-state index contributed by atoms with van der Waals surface area (Å²) >= 11 is 0. The number of piperazine rings is 1. The molecule has 1 fully saturated rings. The van der Waals surface area contributed by atoms with Crippen LogP contribution in [-0.2, 0) is 19.2 Å². The number of carboxylic acid groups (broad SMARTS) is 1. The quantitative estimate of drug-likeness (QED) is 0.376. The van der Waals surface area contributed by atoms with Crippen LogP contribution in [0.15, 0.2) is 0 Å². The zero-order valence-corrected chi connectivity index (χ0v) is 12.3. The Morgan fingerprint density at radius 3 is 2.50 bits per heavy atom. The van der Waals surface area contributed by atoms with Crippen molar-refractivity contribution in [3.8, 4) is 0 Å². The highest BCUT2D eigenvalue weighted by molar-refractivity contribution is 5.92. The van der Waals surface area contributed by atoms with Gasteiger partial charge in [-0.05, 0) is 19.3 Å². The molecule has 0 spiro atoms. The average molecular weight is 314 g/mol. The summed E-state index contributed by atoms with van der Waals surface area (Å²) in [6, 6.07) is -1.69. The highest BCUT2D eigenvalue weighted by atomic mass is 16.4. The van der Waals surface area contributed by atoms with Gasteiger partial charge in [0.25, 0.3) is 0 Å². The lowest BCUT2D eigenvalue weighted by molar-refractivity contribution is -0.140. The van der Waals surface area contributed by atoms with E-state index < -0.39 is 18.1 Å². The molecule has 1 aliphatic rings. The molecule has 22 heavy (non-hydrogen) atoms. The van der Waals surface area contributed by atoms with E-state index in [0.717, 1.165) is 0 Å². The van der Waals surface area contributed by atoms with Crippen LogP contribution in [0.2, 0.25) is 0 Å². The van der Waals surface area contributed by atoms with Crippen LogP contribution < -0.4 is 16.8 Å². The van der Waals surface area contributed by atoms with Crippen LogP contribution >= 0.6 is 0 Å². The molecule has 0 radical (unpaired) electrons. The first-order valence-corrected chi connectivity index (χ1v) is 7.12. The SMILES string of the molecule is NC(CCCN1CC(=O)NCC1=O)C(=O)C(N)CCC(=O)O. The van der Waals surface area contributed by atoms with Crippen molar-refractivity contribution < 1.29 is 24.3 Å². The van der Waals surface area contributed by atoms with E-state index in [9.17, 15) is 19.2 Å². The summed E-state index contributed by atoms with van der Waals surface area (Å²) in [5.74, 6) is -1.78. The minimum atomic E-state index is -1.02. The predicted molar refractivity (Wildman–Crippen MR) is 76.7 cm³/mol. The topological polar surface area (TPSA) is 156 Å². The Labute approximate surface area is 128 Å². The fraction of sp³-hybridized carbons (Fsp3) is 0.692. The number of hydrogen-bond acceptors (Lipinski definition) is 6. The minimum absolute atomic E-state index is 0.0100. The first kappa shape index (κ1) is 18.1. The van der Waals surface area contributed by atoms with Gasteiger partial charge in [-0.25, -0.2) is 0 Å². The van der Waals surface area contributed by atoms with Crippen molar-refractivity contribution in [3.05, 3.63) is 0 Å². The maximum Gasteiger partial charge on any atom is 0.303 e. The van der Waals surface area contributed by atoms with Gasteiger partial charge in [0.2, 0.25) is 11.8 Å². The molecular formula is C13H22N4O5. The molecule has 124 valence electrons. The van der Waals surface area contributed by atoms with Gasteiger partial charge in [-0.3, -0.25) is 19.2 Å². The summed E-state index contributed by atoms with van der Waals surface area (Å²) in [5, 5.41) is 11.0. The summed E-state index contributed by atoms with van der Waals surface area (Å²) in [7, 11) is 0. The van der Waals surface area contributed by atoms with E-state index in [-0.39, 0.29) is 43.5 Å². The van der Waals surface area contributed by atoms with Crippen molar-refractivity contribution in [2.45, 2.75) is 37.8 Å². The zero-order valence-electron chi connectivity index (χ0n) is 12.3. The molecule has 0 aromatic heterocycles. The van der Waals surface area contributed by atoms with E-state index in [4.69, 9.17) is 16.6 Å². The number of carbonyl (C=O) groups excluding carboxylic acids is 3. The zero-order chi connectivity index (χ0) is 16.7. The van der Waals surface area contributed by atoms with Crippen LogP contribution in [0.3, 0.4) is 0 Å². The first-order valence-electron chi connectivity index (χ1n) is 7.12. The van der Waals surface area contributed by atoms with Gasteiger partial charge in [-0.15, -0.1) is 0 Å². The van der Waals surface area contributed by atoms with Crippen LogP contribution in [0.4, 0.5) is 0 Å². The van der Waals surface area contributed by atoms with E-state index >= 15 is 0 Å². The molecule has 2 atom stereocenters. The Kier molecular flexibility index (Phi) is 6.93. The first-order chi connectivity index (χ1) is 10.3. The van der Waals surface area contributed by atoms with Crippen molar-refractivity contribution in [1.82, 2.24) is 10.2 Å². The van der Waals surface area contributed by atoms with E-state index in [1.807, 2.05) is 0 Å². The number of hydrogen-bond donors (Lipinski definition) is 4. The van der Waals surface area contributed by atoms with Crippen molar-refractivity contribution >= 4 is 23.6 Å². The van der Waals surface area contributed by atoms with E-state index in [0.29, 0.717) is 19.4 Å². The maximum atomic E-state index is 11.9. The van der Waals surface area contributed by atoms with Crippen molar-refractivity contribution in [1.29, 1.82) is 0 Å². The monoisotopic (exact) mass is 314 g/mol. The minimum Gasteiger partial charge on any atom is -0.481 e. The fourth-order valence-corrected chi connectivity index (χ4v) is 2.15. The van der Waals surface area contributed by atoms with Gasteiger partial charge in [-0.1, -0.05) is 0 Å². The van der Waals surface area contributed by atoms with Gasteiger partial charge in [0.1, 0.15) is 0 Å². The Morgan fingerprint density at radius 2 is 1.86 bits per heavy atom. The lowest BCUT2D eigenvalue weighted by atomic mass is 9.98. The van der Waals surface area contributed by atoms with Crippen molar-refractivity contribution in [2.24, 2.45) is 11.5 Å². The number of rotatable bonds is 9. The second-order valence-electron chi connectivity index (χ2n) is 5.28. The van der Waals surface area contributed by atoms with E-state index in [1.54, 1.807) is 0 Å². The summed E-state index contributed by atoms with van der Waals surface area (Å²) in [6.07, 6.45) is 0.659. The number of Topliss-reactive ketones (excluding diaryl/α,β-unsaturated/α-hetero) is 1. The van der Waals surface area contributed by atoms with Gasteiger partial charge in [0.15, 0.2) is 5.78 Å². The Balaban J connectivity index is 2.31. The number of carboxylic acids is 1. The lowest BCUT2D eigenvalue weighted by Crippen LogP contribution is -2.52. The van der Waals surface area contributed by atoms with Crippen LogP contribution in [0, 0.1) is 0 Å². The van der Waals surface area contributed by atoms with Crippen LogP contribution in [0.25, 0.3) is 0 Å². The maximum absolute atomic E-state index is 11.9. The molecule has 0 bridgehead atoms. The predicted octanol–water partition coefficient (Wildman–Crippen LogP) is -2.19. The van der Waals surface area contributed by atoms with Crippen LogP contribution in [0.5, 0.6) is 0 Å². The number of nitrogens with two attached hydrogens (primary N) is 2. The Bertz CT molecular complexity index is 454.